The van der Waals surface area contributed by atoms with Crippen LogP contribution in [-0.2, 0) is 0 Å². The van der Waals surface area contributed by atoms with Crippen LogP contribution < -0.4 is 15.5 Å². The molecule has 3 rings (SSSR count). The van der Waals surface area contributed by atoms with Gasteiger partial charge in [0.15, 0.2) is 5.11 Å². The molecular weight excluding hydrogens is 376 g/mol. The number of nitrogens with one attached hydrogen (secondary N) is 2. The molecule has 0 saturated carbocycles. The molecule has 7 nitrogen and oxygen atoms in total. The predicted octanol–water partition coefficient (Wildman–Crippen LogP) is 4.02. The number of thiocarbonyl (C=S) groups is 1. The van der Waals surface area contributed by atoms with Gasteiger partial charge < -0.3 is 10.2 Å². The molecule has 146 valence electrons. The number of carbonyl (C=O) groups is 1. The number of rotatable bonds is 4. The third kappa shape index (κ3) is 4.45. The zero-order valence-corrected chi connectivity index (χ0v) is 16.4. The minimum atomic E-state index is -0.502. The standard InChI is InChI=1S/C20H22N4O3S/c1-14-15(8-7-11-17(14)24(26)27)19(25)22-20(28)21-16-9-3-4-10-18(16)23-12-5-2-6-13-23/h3-4,7-11H,2,5-6,12-13H2,1H3,(H2,21,22,25,28). The van der Waals surface area contributed by atoms with Crippen LogP contribution in [0.1, 0.15) is 35.2 Å². The number of anilines is 2. The Balaban J connectivity index is 1.72. The molecular formula is C20H22N4O3S. The largest absolute Gasteiger partial charge is 0.370 e. The van der Waals surface area contributed by atoms with Crippen molar-refractivity contribution in [1.29, 1.82) is 0 Å². The van der Waals surface area contributed by atoms with Gasteiger partial charge in [0.2, 0.25) is 0 Å². The summed E-state index contributed by atoms with van der Waals surface area (Å²) in [5.74, 6) is -0.478. The van der Waals surface area contributed by atoms with Crippen LogP contribution in [0.2, 0.25) is 0 Å². The van der Waals surface area contributed by atoms with Gasteiger partial charge in [-0.3, -0.25) is 20.2 Å². The number of amides is 1. The van der Waals surface area contributed by atoms with E-state index in [1.165, 1.54) is 18.6 Å². The van der Waals surface area contributed by atoms with Gasteiger partial charge in [0, 0.05) is 30.3 Å². The second kappa shape index (κ2) is 8.79. The number of nitro groups is 1. The second-order valence-corrected chi connectivity index (χ2v) is 7.09. The molecule has 1 fully saturated rings. The Morgan fingerprint density at radius 3 is 2.54 bits per heavy atom. The van der Waals surface area contributed by atoms with Crippen LogP contribution in [0.25, 0.3) is 0 Å². The molecule has 2 aromatic carbocycles. The zero-order valence-electron chi connectivity index (χ0n) is 15.6. The van der Waals surface area contributed by atoms with Crippen molar-refractivity contribution in [2.45, 2.75) is 26.2 Å². The predicted molar refractivity (Wildman–Crippen MR) is 114 cm³/mol. The van der Waals surface area contributed by atoms with Crippen LogP contribution in [0.4, 0.5) is 17.1 Å². The van der Waals surface area contributed by atoms with Gasteiger partial charge in [-0.15, -0.1) is 0 Å². The summed E-state index contributed by atoms with van der Waals surface area (Å²) in [5, 5.41) is 16.9. The topological polar surface area (TPSA) is 87.5 Å². The molecule has 0 unspecified atom stereocenters. The fraction of sp³-hybridized carbons (Fsp3) is 0.300. The third-order valence-electron chi connectivity index (χ3n) is 4.82. The van der Waals surface area contributed by atoms with E-state index < -0.39 is 10.8 Å². The Kier molecular flexibility index (Phi) is 6.20. The fourth-order valence-corrected chi connectivity index (χ4v) is 3.58. The molecule has 1 aliphatic heterocycles. The van der Waals surface area contributed by atoms with E-state index in [-0.39, 0.29) is 16.4 Å². The first-order valence-electron chi connectivity index (χ1n) is 9.17. The lowest BCUT2D eigenvalue weighted by Crippen LogP contribution is -2.36. The lowest BCUT2D eigenvalue weighted by Gasteiger charge is -2.30. The van der Waals surface area contributed by atoms with Gasteiger partial charge in [-0.05, 0) is 56.6 Å². The summed E-state index contributed by atoms with van der Waals surface area (Å²) >= 11 is 5.31. The van der Waals surface area contributed by atoms with Gasteiger partial charge in [0.1, 0.15) is 0 Å². The SMILES string of the molecule is Cc1c(C(=O)NC(=S)Nc2ccccc2N2CCCCC2)cccc1[N+](=O)[O-]. The maximum atomic E-state index is 12.6. The Bertz CT molecular complexity index is 910. The average molecular weight is 398 g/mol. The number of nitrogens with zero attached hydrogens (tertiary/aromatic N) is 2. The molecule has 1 aliphatic rings. The van der Waals surface area contributed by atoms with Gasteiger partial charge in [0.05, 0.1) is 16.3 Å². The molecule has 2 aromatic rings. The summed E-state index contributed by atoms with van der Waals surface area (Å²) in [4.78, 5) is 25.4. The van der Waals surface area contributed by atoms with Crippen molar-refractivity contribution in [1.82, 2.24) is 5.32 Å². The van der Waals surface area contributed by atoms with Gasteiger partial charge in [0.25, 0.3) is 11.6 Å². The van der Waals surface area contributed by atoms with E-state index in [2.05, 4.69) is 15.5 Å². The molecule has 1 amide bonds. The highest BCUT2D eigenvalue weighted by molar-refractivity contribution is 7.80. The van der Waals surface area contributed by atoms with E-state index in [0.717, 1.165) is 37.3 Å². The lowest BCUT2D eigenvalue weighted by molar-refractivity contribution is -0.385. The molecule has 0 bridgehead atoms. The van der Waals surface area contributed by atoms with Crippen molar-refractivity contribution in [3.05, 3.63) is 63.7 Å². The number of hydrogen-bond acceptors (Lipinski definition) is 5. The summed E-state index contributed by atoms with van der Waals surface area (Å²) in [6.45, 7) is 3.53. The Labute approximate surface area is 168 Å². The smallest absolute Gasteiger partial charge is 0.273 e. The quantitative estimate of drug-likeness (QED) is 0.459. The van der Waals surface area contributed by atoms with E-state index >= 15 is 0 Å². The van der Waals surface area contributed by atoms with Crippen LogP contribution in [0.3, 0.4) is 0 Å². The number of para-hydroxylation sites is 2. The Morgan fingerprint density at radius 2 is 1.82 bits per heavy atom. The van der Waals surface area contributed by atoms with Crippen LogP contribution in [-0.4, -0.2) is 29.0 Å². The highest BCUT2D eigenvalue weighted by Crippen LogP contribution is 2.28. The van der Waals surface area contributed by atoms with Crippen molar-refractivity contribution < 1.29 is 9.72 Å². The summed E-state index contributed by atoms with van der Waals surface area (Å²) in [6, 6.07) is 12.2. The third-order valence-corrected chi connectivity index (χ3v) is 5.03. The first-order valence-corrected chi connectivity index (χ1v) is 9.58. The minimum Gasteiger partial charge on any atom is -0.370 e. The first-order chi connectivity index (χ1) is 13.5. The van der Waals surface area contributed by atoms with Crippen molar-refractivity contribution >= 4 is 40.3 Å². The number of benzene rings is 2. The van der Waals surface area contributed by atoms with Crippen LogP contribution in [0.5, 0.6) is 0 Å². The van der Waals surface area contributed by atoms with E-state index in [0.29, 0.717) is 5.56 Å². The van der Waals surface area contributed by atoms with E-state index in [4.69, 9.17) is 12.2 Å². The number of piperidine rings is 1. The number of nitro benzene ring substituents is 1. The van der Waals surface area contributed by atoms with E-state index in [1.807, 2.05) is 24.3 Å². The summed E-state index contributed by atoms with van der Waals surface area (Å²) < 4.78 is 0. The van der Waals surface area contributed by atoms with Crippen molar-refractivity contribution in [3.63, 3.8) is 0 Å². The maximum absolute atomic E-state index is 12.6. The number of carbonyl (C=O) groups excluding carboxylic acids is 1. The van der Waals surface area contributed by atoms with Crippen molar-refractivity contribution in [2.75, 3.05) is 23.3 Å². The van der Waals surface area contributed by atoms with Crippen LogP contribution in [0.15, 0.2) is 42.5 Å². The minimum absolute atomic E-state index is 0.0954. The first kappa shape index (κ1) is 19.8. The maximum Gasteiger partial charge on any atom is 0.273 e. The number of hydrogen-bond donors (Lipinski definition) is 2. The molecule has 0 aliphatic carbocycles. The molecule has 0 radical (unpaired) electrons. The molecule has 28 heavy (non-hydrogen) atoms. The van der Waals surface area contributed by atoms with Crippen molar-refractivity contribution in [3.8, 4) is 0 Å². The van der Waals surface area contributed by atoms with Gasteiger partial charge in [-0.1, -0.05) is 18.2 Å². The van der Waals surface area contributed by atoms with Crippen LogP contribution in [0, 0.1) is 17.0 Å². The molecule has 8 heteroatoms. The molecule has 0 spiro atoms. The molecule has 2 N–H and O–H groups in total. The summed E-state index contributed by atoms with van der Waals surface area (Å²) in [7, 11) is 0. The molecule has 0 aromatic heterocycles. The van der Waals surface area contributed by atoms with Crippen molar-refractivity contribution in [2.24, 2.45) is 0 Å². The monoisotopic (exact) mass is 398 g/mol. The van der Waals surface area contributed by atoms with Gasteiger partial charge in [-0.2, -0.15) is 0 Å². The highest BCUT2D eigenvalue weighted by Gasteiger charge is 2.19. The zero-order chi connectivity index (χ0) is 20.1. The summed E-state index contributed by atoms with van der Waals surface area (Å²) in [5.41, 5.74) is 2.31. The van der Waals surface area contributed by atoms with Gasteiger partial charge in [-0.25, -0.2) is 0 Å². The molecule has 1 saturated heterocycles. The second-order valence-electron chi connectivity index (χ2n) is 6.68. The lowest BCUT2D eigenvalue weighted by atomic mass is 10.1. The molecule has 0 atom stereocenters. The molecule has 1 heterocycles. The fourth-order valence-electron chi connectivity index (χ4n) is 3.38. The van der Waals surface area contributed by atoms with E-state index in [9.17, 15) is 14.9 Å². The Morgan fingerprint density at radius 1 is 1.11 bits per heavy atom. The summed E-state index contributed by atoms with van der Waals surface area (Å²) in [6.07, 6.45) is 3.55. The van der Waals surface area contributed by atoms with E-state index in [1.54, 1.807) is 13.0 Å². The Hall–Kier alpha value is -3.00. The van der Waals surface area contributed by atoms with Crippen LogP contribution >= 0.6 is 12.2 Å². The normalized spacial score (nSPS) is 13.7. The average Bonchev–Trinajstić information content (AvgIpc) is 2.68. The highest BCUT2D eigenvalue weighted by atomic mass is 32.1. The van der Waals surface area contributed by atoms with Gasteiger partial charge >= 0.3 is 0 Å².